The Morgan fingerprint density at radius 1 is 0.306 bits per heavy atom. The van der Waals surface area contributed by atoms with E-state index in [0.717, 1.165) is 25.7 Å². The molecule has 0 saturated heterocycles. The molecule has 0 unspecified atom stereocenters. The first-order valence-corrected chi connectivity index (χ1v) is 30.3. The maximum atomic E-state index is 3.30. The monoisotopic (exact) mass is 942 g/mol. The molecule has 6 heteroatoms. The fourth-order valence-electron chi connectivity index (χ4n) is 7.99. The van der Waals surface area contributed by atoms with Crippen molar-refractivity contribution < 1.29 is 63.2 Å². The van der Waals surface area contributed by atoms with Crippen LogP contribution in [0, 0.1) is 24.3 Å². The third-order valence-corrected chi connectivity index (χ3v) is 10.5. The molecule has 0 amide bonds. The molecular weight excluding hydrogens is 895 g/mol. The Labute approximate surface area is 406 Å². The molecule has 0 spiro atoms. The van der Waals surface area contributed by atoms with Crippen molar-refractivity contribution in [3.8, 4) is 44.5 Å². The van der Waals surface area contributed by atoms with Crippen LogP contribution in [0.2, 0.25) is 26.2 Å². The van der Waals surface area contributed by atoms with Gasteiger partial charge in [0.05, 0.1) is 0 Å². The Balaban J connectivity index is 0.000000146. The number of rotatable bonds is 0. The fraction of sp³-hybridized carbons (Fsp3) is 0.143. The van der Waals surface area contributed by atoms with Gasteiger partial charge in [-0.3, -0.25) is 0 Å². The first-order chi connectivity index (χ1) is 29.3. The van der Waals surface area contributed by atoms with Gasteiger partial charge in [0.15, 0.2) is 0 Å². The third kappa shape index (κ3) is 12.7. The van der Waals surface area contributed by atoms with Gasteiger partial charge in [-0.25, -0.2) is 0 Å². The predicted molar refractivity (Wildman–Crippen MR) is 249 cm³/mol. The number of fused-ring (bicyclic) bond motifs is 12. The normalized spacial score (nSPS) is 11.2. The smallest absolute Gasteiger partial charge is 0.0253 e. The summed E-state index contributed by atoms with van der Waals surface area (Å²) in [6, 6.07) is 72.4. The maximum absolute atomic E-state index is 3.30. The van der Waals surface area contributed by atoms with Gasteiger partial charge in [-0.05, 0) is 25.7 Å². The summed E-state index contributed by atoms with van der Waals surface area (Å²) in [7, 11) is 0. The van der Waals surface area contributed by atoms with Crippen molar-refractivity contribution >= 4 is 12.4 Å². The minimum Gasteiger partial charge on any atom is -1.00 e. The van der Waals surface area contributed by atoms with Crippen LogP contribution in [0.25, 0.3) is 44.5 Å². The number of benzene rings is 8. The Morgan fingerprint density at radius 2 is 0.484 bits per heavy atom. The Kier molecular flexibility index (Phi) is 19.3. The zero-order valence-corrected chi connectivity index (χ0v) is 42.4. The molecule has 4 aliphatic rings. The Morgan fingerprint density at radius 3 is 0.694 bits per heavy atom. The van der Waals surface area contributed by atoms with Crippen molar-refractivity contribution in [1.82, 2.24) is 0 Å². The molecule has 4 aliphatic carbocycles. The van der Waals surface area contributed by atoms with E-state index in [2.05, 4.69) is 234 Å². The van der Waals surface area contributed by atoms with E-state index >= 15 is 0 Å². The second-order valence-electron chi connectivity index (χ2n) is 15.6. The standard InChI is InChI=1S/4C13H9.2C2H6Si.2ClH.2Ti/c4*1-3-7-12-10(5-1)9-11-6-2-4-8-13(11)12;2*1-3-2;;;;/h4*1-5,7-8H,9H2;2*1-2H3;2*1H;;/q4*-1;;;;;2*+2/p-2. The van der Waals surface area contributed by atoms with Crippen molar-refractivity contribution in [1.29, 1.82) is 0 Å². The quantitative estimate of drug-likeness (QED) is 0.108. The molecule has 0 N–H and O–H groups in total. The predicted octanol–water partition coefficient (Wildman–Crippen LogP) is 7.81. The second kappa shape index (κ2) is 24.3. The zero-order chi connectivity index (χ0) is 41.8. The SMILES string of the molecule is C[Si](C)=[Ti+2].C[Si](C)=[Ti+2].[Cl-].[Cl-].[c-]1cccc2c1Cc1ccccc1-2.[c-]1cccc2c1Cc1ccccc1-2.[c-]1cccc2c1Cc1ccccc1-2.[c-]1cccc2c1Cc1ccccc1-2. The molecular formula is C56H48Cl2Si2Ti2-2. The van der Waals surface area contributed by atoms with E-state index in [4.69, 9.17) is 0 Å². The van der Waals surface area contributed by atoms with Crippen LogP contribution in [0.1, 0.15) is 44.5 Å². The van der Waals surface area contributed by atoms with Crippen molar-refractivity contribution in [2.75, 3.05) is 0 Å². The molecule has 0 atom stereocenters. The van der Waals surface area contributed by atoms with Gasteiger partial charge in [0.1, 0.15) is 0 Å². The van der Waals surface area contributed by atoms with E-state index in [1.165, 1.54) is 89.0 Å². The zero-order valence-electron chi connectivity index (χ0n) is 35.8. The largest absolute Gasteiger partial charge is 1.00 e. The summed E-state index contributed by atoms with van der Waals surface area (Å²) in [5.41, 5.74) is 22.0. The van der Waals surface area contributed by atoms with E-state index in [-0.39, 0.29) is 37.2 Å². The molecule has 12 rings (SSSR count). The number of halogens is 2. The molecule has 0 fully saturated rings. The maximum Gasteiger partial charge on any atom is -0.0253 e. The summed E-state index contributed by atoms with van der Waals surface area (Å²) < 4.78 is 0. The molecule has 0 aromatic heterocycles. The topological polar surface area (TPSA) is 0 Å². The average molecular weight is 944 g/mol. The molecule has 0 nitrogen and oxygen atoms in total. The number of hydrogen-bond donors (Lipinski definition) is 0. The van der Waals surface area contributed by atoms with Gasteiger partial charge < -0.3 is 24.8 Å². The van der Waals surface area contributed by atoms with E-state index < -0.39 is 0 Å². The van der Waals surface area contributed by atoms with Gasteiger partial charge in [-0.15, -0.1) is 22.3 Å². The van der Waals surface area contributed by atoms with Crippen LogP contribution < -0.4 is 24.8 Å². The van der Waals surface area contributed by atoms with Crippen molar-refractivity contribution in [2.45, 2.75) is 51.9 Å². The Hall–Kier alpha value is -3.80. The van der Waals surface area contributed by atoms with Crippen LogP contribution in [0.5, 0.6) is 0 Å². The van der Waals surface area contributed by atoms with Crippen LogP contribution in [-0.2, 0) is 64.0 Å². The van der Waals surface area contributed by atoms with Gasteiger partial charge in [-0.1, -0.05) is 142 Å². The third-order valence-electron chi connectivity index (χ3n) is 10.5. The minimum atomic E-state index is 0. The molecule has 62 heavy (non-hydrogen) atoms. The van der Waals surface area contributed by atoms with E-state index in [1.807, 2.05) is 24.3 Å². The molecule has 8 aromatic carbocycles. The first kappa shape index (κ1) is 49.2. The van der Waals surface area contributed by atoms with Crippen molar-refractivity contribution in [2.24, 2.45) is 0 Å². The van der Waals surface area contributed by atoms with Crippen LogP contribution >= 0.6 is 0 Å². The average Bonchev–Trinajstić information content (AvgIpc) is 4.04. The number of hydrogen-bond acceptors (Lipinski definition) is 0. The molecule has 0 heterocycles. The van der Waals surface area contributed by atoms with E-state index in [1.54, 1.807) is 0 Å². The van der Waals surface area contributed by atoms with Crippen LogP contribution in [0.4, 0.5) is 0 Å². The fourth-order valence-corrected chi connectivity index (χ4v) is 7.99. The molecule has 304 valence electrons. The summed E-state index contributed by atoms with van der Waals surface area (Å²) in [6.07, 6.45) is 4.43. The van der Waals surface area contributed by atoms with Gasteiger partial charge in [0.2, 0.25) is 0 Å². The molecule has 0 radical (unpaired) electrons. The van der Waals surface area contributed by atoms with Crippen LogP contribution in [0.15, 0.2) is 170 Å². The van der Waals surface area contributed by atoms with Crippen LogP contribution in [-0.4, -0.2) is 12.4 Å². The van der Waals surface area contributed by atoms with Gasteiger partial charge in [-0.2, -0.15) is 119 Å². The van der Waals surface area contributed by atoms with E-state index in [9.17, 15) is 0 Å². The molecule has 0 saturated carbocycles. The second-order valence-corrected chi connectivity index (χ2v) is 29.0. The van der Waals surface area contributed by atoms with Crippen LogP contribution in [0.3, 0.4) is 0 Å². The van der Waals surface area contributed by atoms with E-state index in [0.29, 0.717) is 0 Å². The molecule has 0 aliphatic heterocycles. The Bertz CT molecular complexity index is 2230. The van der Waals surface area contributed by atoms with Crippen molar-refractivity contribution in [3.63, 3.8) is 0 Å². The minimum absolute atomic E-state index is 0. The van der Waals surface area contributed by atoms with Crippen molar-refractivity contribution in [3.05, 3.63) is 239 Å². The summed E-state index contributed by atoms with van der Waals surface area (Å²) in [5, 5.41) is 0. The summed E-state index contributed by atoms with van der Waals surface area (Å²) in [4.78, 5) is 0. The molecule has 0 bridgehead atoms. The summed E-state index contributed by atoms with van der Waals surface area (Å²) in [6.45, 7) is 9.07. The van der Waals surface area contributed by atoms with Gasteiger partial charge in [0.25, 0.3) is 0 Å². The summed E-state index contributed by atoms with van der Waals surface area (Å²) in [5.74, 6) is 0. The molecule has 8 aromatic rings. The van der Waals surface area contributed by atoms with Gasteiger partial charge in [0, 0.05) is 0 Å². The summed E-state index contributed by atoms with van der Waals surface area (Å²) >= 11 is 4.54. The van der Waals surface area contributed by atoms with Gasteiger partial charge >= 0.3 is 76.9 Å². The first-order valence-electron chi connectivity index (χ1n) is 20.6.